The average molecular weight is 425 g/mol. The molecule has 0 aliphatic rings. The number of aromatic nitrogens is 2. The highest BCUT2D eigenvalue weighted by atomic mass is 19.4. The quantitative estimate of drug-likeness (QED) is 0.719. The van der Waals surface area contributed by atoms with Gasteiger partial charge in [0.15, 0.2) is 6.10 Å². The Morgan fingerprint density at radius 3 is 2.47 bits per heavy atom. The van der Waals surface area contributed by atoms with Crippen LogP contribution in [-0.2, 0) is 15.7 Å². The summed E-state index contributed by atoms with van der Waals surface area (Å²) in [6.07, 6.45) is -5.75. The van der Waals surface area contributed by atoms with Gasteiger partial charge in [0.1, 0.15) is 0 Å². The largest absolute Gasteiger partial charge is 0.448 e. The van der Waals surface area contributed by atoms with Gasteiger partial charge in [0.05, 0.1) is 11.3 Å². The zero-order chi connectivity index (χ0) is 22.6. The van der Waals surface area contributed by atoms with E-state index in [2.05, 4.69) is 10.4 Å². The molecule has 0 bridgehead atoms. The molecule has 2 rings (SSSR count). The van der Waals surface area contributed by atoms with E-state index in [1.807, 2.05) is 13.8 Å². The number of alkyl halides is 3. The lowest BCUT2D eigenvalue weighted by molar-refractivity contribution is -0.137. The first-order valence-corrected chi connectivity index (χ1v) is 9.17. The van der Waals surface area contributed by atoms with Crippen molar-refractivity contribution < 1.29 is 27.5 Å². The fourth-order valence-corrected chi connectivity index (χ4v) is 2.48. The van der Waals surface area contributed by atoms with Crippen LogP contribution < -0.4 is 10.7 Å². The van der Waals surface area contributed by atoms with Crippen molar-refractivity contribution >= 4 is 11.9 Å². The smallest absolute Gasteiger partial charge is 0.416 e. The zero-order valence-electron chi connectivity index (χ0n) is 16.9. The predicted octanol–water partition coefficient (Wildman–Crippen LogP) is 2.88. The van der Waals surface area contributed by atoms with Crippen molar-refractivity contribution in [2.45, 2.75) is 40.0 Å². The number of rotatable bonds is 6. The van der Waals surface area contributed by atoms with Crippen molar-refractivity contribution in [3.8, 4) is 5.69 Å². The summed E-state index contributed by atoms with van der Waals surface area (Å²) in [5.74, 6) is -1.49. The maximum absolute atomic E-state index is 13.0. The van der Waals surface area contributed by atoms with Crippen LogP contribution >= 0.6 is 0 Å². The Kier molecular flexibility index (Phi) is 7.01. The minimum absolute atomic E-state index is 0.0131. The molecule has 10 heteroatoms. The fraction of sp³-hybridized carbons (Fsp3) is 0.400. The summed E-state index contributed by atoms with van der Waals surface area (Å²) in [6.45, 7) is 6.97. The van der Waals surface area contributed by atoms with Crippen molar-refractivity contribution in [3.63, 3.8) is 0 Å². The highest BCUT2D eigenvalue weighted by Crippen LogP contribution is 2.30. The highest BCUT2D eigenvalue weighted by molar-refractivity contribution is 5.90. The summed E-state index contributed by atoms with van der Waals surface area (Å²) >= 11 is 0. The van der Waals surface area contributed by atoms with E-state index in [1.54, 1.807) is 0 Å². The van der Waals surface area contributed by atoms with E-state index in [0.29, 0.717) is 6.54 Å². The summed E-state index contributed by atoms with van der Waals surface area (Å²) in [5, 5.41) is 6.48. The molecule has 1 atom stereocenters. The third-order valence-electron chi connectivity index (χ3n) is 4.06. The van der Waals surface area contributed by atoms with Gasteiger partial charge in [0.25, 0.3) is 5.91 Å². The minimum Gasteiger partial charge on any atom is -0.448 e. The highest BCUT2D eigenvalue weighted by Gasteiger charge is 2.31. The fourth-order valence-electron chi connectivity index (χ4n) is 2.48. The Morgan fingerprint density at radius 1 is 1.20 bits per heavy atom. The third-order valence-corrected chi connectivity index (χ3v) is 4.06. The predicted molar refractivity (Wildman–Crippen MR) is 102 cm³/mol. The first-order valence-electron chi connectivity index (χ1n) is 9.17. The van der Waals surface area contributed by atoms with Gasteiger partial charge < -0.3 is 10.1 Å². The van der Waals surface area contributed by atoms with Crippen molar-refractivity contribution in [2.75, 3.05) is 6.54 Å². The normalized spacial score (nSPS) is 12.5. The summed E-state index contributed by atoms with van der Waals surface area (Å²) in [4.78, 5) is 36.6. The Hall–Kier alpha value is -3.17. The maximum atomic E-state index is 13.0. The van der Waals surface area contributed by atoms with Crippen LogP contribution in [0.1, 0.15) is 42.5 Å². The molecule has 0 saturated carbocycles. The molecule has 7 nitrogen and oxygen atoms in total. The summed E-state index contributed by atoms with van der Waals surface area (Å²) in [6, 6.07) is 5.36. The van der Waals surface area contributed by atoms with Crippen molar-refractivity contribution in [1.82, 2.24) is 15.1 Å². The van der Waals surface area contributed by atoms with Crippen LogP contribution in [0.5, 0.6) is 0 Å². The molecule has 1 heterocycles. The monoisotopic (exact) mass is 425 g/mol. The maximum Gasteiger partial charge on any atom is 0.416 e. The summed E-state index contributed by atoms with van der Waals surface area (Å²) in [5.41, 5.74) is -2.07. The van der Waals surface area contributed by atoms with Crippen LogP contribution in [0.15, 0.2) is 35.1 Å². The first kappa shape index (κ1) is 23.1. The number of amides is 1. The van der Waals surface area contributed by atoms with Crippen LogP contribution in [-0.4, -0.2) is 34.3 Å². The molecule has 0 saturated heterocycles. The van der Waals surface area contributed by atoms with Crippen LogP contribution in [0.3, 0.4) is 0 Å². The number of nitrogens with zero attached hydrogens (tertiary/aromatic N) is 2. The summed E-state index contributed by atoms with van der Waals surface area (Å²) < 4.78 is 45.0. The van der Waals surface area contributed by atoms with E-state index in [-0.39, 0.29) is 17.3 Å². The van der Waals surface area contributed by atoms with Crippen molar-refractivity contribution in [1.29, 1.82) is 0 Å². The second-order valence-corrected chi connectivity index (χ2v) is 7.15. The number of carbonyl (C=O) groups is 2. The van der Waals surface area contributed by atoms with Crippen LogP contribution in [0.4, 0.5) is 13.2 Å². The molecular formula is C20H22F3N3O4. The Labute approximate surface area is 170 Å². The van der Waals surface area contributed by atoms with E-state index in [9.17, 15) is 27.6 Å². The molecule has 0 aliphatic carbocycles. The number of hydrogen-bond donors (Lipinski definition) is 1. The topological polar surface area (TPSA) is 90.3 Å². The number of aryl methyl sites for hydroxylation is 1. The molecule has 1 unspecified atom stereocenters. The van der Waals surface area contributed by atoms with E-state index < -0.39 is 40.8 Å². The lowest BCUT2D eigenvalue weighted by Gasteiger charge is -2.16. The van der Waals surface area contributed by atoms with E-state index in [0.717, 1.165) is 22.9 Å². The molecule has 1 N–H and O–H groups in total. The number of halogens is 3. The van der Waals surface area contributed by atoms with E-state index in [1.165, 1.54) is 26.0 Å². The first-order chi connectivity index (χ1) is 13.9. The number of esters is 1. The van der Waals surface area contributed by atoms with Crippen molar-refractivity contribution in [3.05, 3.63) is 57.5 Å². The number of carbonyl (C=O) groups excluding carboxylic acids is 2. The molecule has 0 radical (unpaired) electrons. The van der Waals surface area contributed by atoms with Crippen LogP contribution in [0, 0.1) is 12.8 Å². The Morgan fingerprint density at radius 2 is 1.87 bits per heavy atom. The SMILES string of the molecule is Cc1cc(=O)c(C(=O)OC(C)C(=O)NCC(C)C)nn1-c1cccc(C(F)(F)F)c1. The Balaban J connectivity index is 2.32. The minimum atomic E-state index is -4.57. The number of nitrogens with one attached hydrogen (secondary N) is 1. The third kappa shape index (κ3) is 5.68. The zero-order valence-corrected chi connectivity index (χ0v) is 16.9. The van der Waals surface area contributed by atoms with Gasteiger partial charge in [-0.25, -0.2) is 9.48 Å². The molecule has 0 spiro atoms. The lowest BCUT2D eigenvalue weighted by Crippen LogP contribution is -2.38. The van der Waals surface area contributed by atoms with Gasteiger partial charge >= 0.3 is 12.1 Å². The van der Waals surface area contributed by atoms with Crippen LogP contribution in [0.25, 0.3) is 5.69 Å². The molecular weight excluding hydrogens is 403 g/mol. The molecule has 1 amide bonds. The van der Waals surface area contributed by atoms with Gasteiger partial charge in [-0.1, -0.05) is 19.9 Å². The molecule has 1 aromatic carbocycles. The Bertz CT molecular complexity index is 1000. The number of benzene rings is 1. The van der Waals surface area contributed by atoms with Gasteiger partial charge in [-0.15, -0.1) is 0 Å². The van der Waals surface area contributed by atoms with E-state index >= 15 is 0 Å². The molecule has 2 aromatic rings. The van der Waals surface area contributed by atoms with Crippen molar-refractivity contribution in [2.24, 2.45) is 5.92 Å². The summed E-state index contributed by atoms with van der Waals surface area (Å²) in [7, 11) is 0. The molecule has 1 aromatic heterocycles. The van der Waals surface area contributed by atoms with Gasteiger partial charge in [-0.05, 0) is 38.0 Å². The lowest BCUT2D eigenvalue weighted by atomic mass is 10.2. The second kappa shape index (κ2) is 9.10. The average Bonchev–Trinajstić information content (AvgIpc) is 2.65. The molecule has 0 aliphatic heterocycles. The van der Waals surface area contributed by atoms with Gasteiger partial charge in [-0.3, -0.25) is 9.59 Å². The van der Waals surface area contributed by atoms with E-state index in [4.69, 9.17) is 4.74 Å². The molecule has 0 fully saturated rings. The second-order valence-electron chi connectivity index (χ2n) is 7.15. The molecule has 30 heavy (non-hydrogen) atoms. The standard InChI is InChI=1S/C20H22F3N3O4/c1-11(2)10-24-18(28)13(4)30-19(29)17-16(27)8-12(3)26(25-17)15-7-5-6-14(9-15)20(21,22)23/h5-9,11,13H,10H2,1-4H3,(H,24,28). The van der Waals surface area contributed by atoms with Gasteiger partial charge in [-0.2, -0.15) is 18.3 Å². The van der Waals surface area contributed by atoms with Crippen LogP contribution in [0.2, 0.25) is 0 Å². The number of ether oxygens (including phenoxy) is 1. The molecule has 162 valence electrons. The number of hydrogen-bond acceptors (Lipinski definition) is 5. The van der Waals surface area contributed by atoms with Gasteiger partial charge in [0, 0.05) is 18.3 Å². The van der Waals surface area contributed by atoms with Gasteiger partial charge in [0.2, 0.25) is 11.1 Å².